The summed E-state index contributed by atoms with van der Waals surface area (Å²) in [5.41, 5.74) is 4.00. The highest BCUT2D eigenvalue weighted by Gasteiger charge is 2.65. The average Bonchev–Trinajstić information content (AvgIpc) is 3.39. The van der Waals surface area contributed by atoms with Crippen molar-refractivity contribution in [1.29, 1.82) is 0 Å². The number of ether oxygens (including phenoxy) is 4. The molecule has 7 rings (SSSR count). The van der Waals surface area contributed by atoms with Gasteiger partial charge in [0.1, 0.15) is 36.6 Å². The highest BCUT2D eigenvalue weighted by Crippen LogP contribution is 2.62. The molecular weight excluding hydrogens is 896 g/mol. The first-order valence-electron chi connectivity index (χ1n) is 26.8. The van der Waals surface area contributed by atoms with Gasteiger partial charge in [-0.05, 0) is 97.0 Å². The third-order valence-corrected chi connectivity index (χ3v) is 14.9. The number of amides is 1. The summed E-state index contributed by atoms with van der Waals surface area (Å²) < 4.78 is 42.3. The van der Waals surface area contributed by atoms with E-state index in [0.717, 1.165) is 78.1 Å². The van der Waals surface area contributed by atoms with Crippen LogP contribution in [0.15, 0.2) is 114 Å². The molecule has 1 fully saturated rings. The Morgan fingerprint density at radius 2 is 1.55 bits per heavy atom. The van der Waals surface area contributed by atoms with Crippen molar-refractivity contribution >= 4 is 22.6 Å². The summed E-state index contributed by atoms with van der Waals surface area (Å²) in [5, 5.41) is 27.1. The van der Waals surface area contributed by atoms with Gasteiger partial charge in [0, 0.05) is 36.7 Å². The van der Waals surface area contributed by atoms with Crippen LogP contribution in [-0.4, -0.2) is 71.8 Å². The molecule has 1 saturated carbocycles. The number of benzene rings is 4. The summed E-state index contributed by atoms with van der Waals surface area (Å²) in [4.78, 5) is 23.0. The third kappa shape index (κ3) is 13.4. The SMILES string of the molecule is C=CCOC12Oc3ccc(OCc4ccccc4F)cc3C3C(CCCCO)C(CCCCO)C=C(C(=NOCC)CC1N(Cc1cccc4ccccc14)C(=O)OCCCCCCCCCCCC)C32. The zero-order valence-corrected chi connectivity index (χ0v) is 42.4. The Morgan fingerprint density at radius 3 is 2.30 bits per heavy atom. The molecule has 1 heterocycles. The second kappa shape index (κ2) is 27.6. The number of aliphatic hydroxyl groups is 2. The molecule has 4 aromatic rings. The number of aliphatic hydroxyl groups excluding tert-OH is 2. The van der Waals surface area contributed by atoms with Gasteiger partial charge >= 0.3 is 6.09 Å². The standard InChI is InChI=1S/C60H79FN2O8/c1-4-7-8-9-10-11-12-13-14-23-38-67-59(66)63(42-46-29-24-28-44-25-15-17-30-49(44)46)56-41-54(62-70-6-3)51-39-45(26-19-21-35-64)50(31-20-22-36-65)57-52-40-48(68-43-47-27-16-18-32-53(47)61)33-34-55(52)71-60(56,58(51)57)69-37-5-2/h5,15-18,24-25,27-30,32-34,39-40,45,50,56-58,64-65H,2,4,6-14,19-23,26,31,35-38,41-43H2,1,3H3. The smallest absolute Gasteiger partial charge is 0.410 e. The predicted octanol–water partition coefficient (Wildman–Crippen LogP) is 13.8. The van der Waals surface area contributed by atoms with E-state index in [0.29, 0.717) is 36.5 Å². The first-order chi connectivity index (χ1) is 34.9. The fraction of sp³-hybridized carbons (Fsp3) is 0.533. The van der Waals surface area contributed by atoms with E-state index in [9.17, 15) is 14.6 Å². The van der Waals surface area contributed by atoms with E-state index in [-0.39, 0.29) is 69.6 Å². The van der Waals surface area contributed by atoms with Crippen molar-refractivity contribution in [3.05, 3.63) is 132 Å². The molecule has 11 heteroatoms. The molecule has 0 bridgehead atoms. The molecule has 0 spiro atoms. The first-order valence-corrected chi connectivity index (χ1v) is 26.8. The maximum atomic E-state index is 15.2. The number of fused-ring (bicyclic) bond motifs is 3. The molecule has 10 nitrogen and oxygen atoms in total. The molecule has 1 amide bonds. The topological polar surface area (TPSA) is 119 Å². The van der Waals surface area contributed by atoms with Crippen LogP contribution in [0.4, 0.5) is 9.18 Å². The number of oxime groups is 1. The normalized spacial score (nSPS) is 21.7. The van der Waals surface area contributed by atoms with Crippen LogP contribution in [0.2, 0.25) is 0 Å². The van der Waals surface area contributed by atoms with Crippen LogP contribution in [0.1, 0.15) is 146 Å². The number of halogens is 1. The molecule has 6 atom stereocenters. The molecule has 2 aliphatic carbocycles. The van der Waals surface area contributed by atoms with E-state index in [1.807, 2.05) is 48.2 Å². The molecular formula is C60H79FN2O8. The summed E-state index contributed by atoms with van der Waals surface area (Å²) >= 11 is 0. The zero-order chi connectivity index (χ0) is 49.8. The quantitative estimate of drug-likeness (QED) is 0.0301. The average molecular weight is 975 g/mol. The lowest BCUT2D eigenvalue weighted by Crippen LogP contribution is -2.70. The Balaban J connectivity index is 1.33. The van der Waals surface area contributed by atoms with E-state index < -0.39 is 23.8 Å². The molecule has 384 valence electrons. The molecule has 0 aromatic heterocycles. The van der Waals surface area contributed by atoms with Crippen LogP contribution in [-0.2, 0) is 27.5 Å². The summed E-state index contributed by atoms with van der Waals surface area (Å²) in [5.74, 6) is -1.31. The number of carbonyl (C=O) groups is 1. The third-order valence-electron chi connectivity index (χ3n) is 14.9. The maximum absolute atomic E-state index is 15.2. The summed E-state index contributed by atoms with van der Waals surface area (Å²) in [7, 11) is 0. The Morgan fingerprint density at radius 1 is 0.845 bits per heavy atom. The number of unbranched alkanes of at least 4 members (excludes halogenated alkanes) is 11. The highest BCUT2D eigenvalue weighted by molar-refractivity contribution is 6.03. The summed E-state index contributed by atoms with van der Waals surface area (Å²) in [6, 6.07) is 26.1. The van der Waals surface area contributed by atoms with Crippen LogP contribution in [0.25, 0.3) is 10.8 Å². The van der Waals surface area contributed by atoms with Crippen LogP contribution >= 0.6 is 0 Å². The van der Waals surface area contributed by atoms with Crippen LogP contribution in [0.5, 0.6) is 11.5 Å². The monoisotopic (exact) mass is 975 g/mol. The lowest BCUT2D eigenvalue weighted by Gasteiger charge is -2.60. The van der Waals surface area contributed by atoms with Gasteiger partial charge in [-0.2, -0.15) is 0 Å². The fourth-order valence-corrected chi connectivity index (χ4v) is 11.4. The van der Waals surface area contributed by atoms with Crippen LogP contribution in [0.3, 0.4) is 0 Å². The van der Waals surface area contributed by atoms with Gasteiger partial charge in [-0.25, -0.2) is 9.18 Å². The summed E-state index contributed by atoms with van der Waals surface area (Å²) in [6.07, 6.45) is 20.1. The molecule has 71 heavy (non-hydrogen) atoms. The minimum atomic E-state index is -1.47. The van der Waals surface area contributed by atoms with Crippen molar-refractivity contribution in [2.45, 2.75) is 154 Å². The van der Waals surface area contributed by atoms with Crippen molar-refractivity contribution < 1.29 is 43.2 Å². The van der Waals surface area contributed by atoms with Gasteiger partial charge in [0.25, 0.3) is 0 Å². The number of hydrogen-bond acceptors (Lipinski definition) is 9. The van der Waals surface area contributed by atoms with E-state index in [1.165, 1.54) is 51.0 Å². The predicted molar refractivity (Wildman–Crippen MR) is 280 cm³/mol. The maximum Gasteiger partial charge on any atom is 0.410 e. The van der Waals surface area contributed by atoms with Gasteiger partial charge in [0.2, 0.25) is 5.79 Å². The van der Waals surface area contributed by atoms with Gasteiger partial charge in [0.05, 0.1) is 31.4 Å². The Labute approximate surface area is 422 Å². The van der Waals surface area contributed by atoms with E-state index in [4.69, 9.17) is 28.9 Å². The van der Waals surface area contributed by atoms with Crippen molar-refractivity contribution in [3.8, 4) is 11.5 Å². The second-order valence-electron chi connectivity index (χ2n) is 19.6. The van der Waals surface area contributed by atoms with Gasteiger partial charge in [-0.3, -0.25) is 4.90 Å². The van der Waals surface area contributed by atoms with Gasteiger partial charge in [-0.1, -0.05) is 156 Å². The summed E-state index contributed by atoms with van der Waals surface area (Å²) in [6.45, 7) is 9.46. The molecule has 4 aromatic carbocycles. The molecule has 3 aliphatic rings. The van der Waals surface area contributed by atoms with Gasteiger partial charge < -0.3 is 34.0 Å². The Kier molecular flexibility index (Phi) is 20.8. The van der Waals surface area contributed by atoms with E-state index in [2.05, 4.69) is 43.8 Å². The largest absolute Gasteiger partial charge is 0.489 e. The Bertz CT molecular complexity index is 2360. The minimum Gasteiger partial charge on any atom is -0.489 e. The number of hydrogen-bond donors (Lipinski definition) is 2. The van der Waals surface area contributed by atoms with E-state index >= 15 is 4.79 Å². The minimum absolute atomic E-state index is 0.0204. The van der Waals surface area contributed by atoms with Crippen LogP contribution < -0.4 is 9.47 Å². The first kappa shape index (κ1) is 53.6. The number of carbonyl (C=O) groups excluding carboxylic acids is 1. The molecule has 6 unspecified atom stereocenters. The zero-order valence-electron chi connectivity index (χ0n) is 42.4. The number of rotatable bonds is 30. The molecule has 0 radical (unpaired) electrons. The van der Waals surface area contributed by atoms with Gasteiger partial charge in [0.15, 0.2) is 0 Å². The molecule has 0 saturated heterocycles. The van der Waals surface area contributed by atoms with Crippen molar-refractivity contribution in [3.63, 3.8) is 0 Å². The molecule has 2 N–H and O–H groups in total. The van der Waals surface area contributed by atoms with Crippen molar-refractivity contribution in [1.82, 2.24) is 4.90 Å². The lowest BCUT2D eigenvalue weighted by molar-refractivity contribution is -0.256. The number of nitrogens with zero attached hydrogens (tertiary/aromatic N) is 2. The Hall–Kier alpha value is -5.23. The number of allylic oxidation sites excluding steroid dienone is 1. The van der Waals surface area contributed by atoms with Crippen LogP contribution in [0, 0.1) is 23.6 Å². The second-order valence-corrected chi connectivity index (χ2v) is 19.6. The molecule has 1 aliphatic heterocycles. The highest BCUT2D eigenvalue weighted by atomic mass is 19.1. The van der Waals surface area contributed by atoms with Gasteiger partial charge in [-0.15, -0.1) is 6.58 Å². The van der Waals surface area contributed by atoms with E-state index in [1.54, 1.807) is 24.3 Å². The fourth-order valence-electron chi connectivity index (χ4n) is 11.4. The van der Waals surface area contributed by atoms with Crippen molar-refractivity contribution in [2.24, 2.45) is 22.9 Å². The lowest BCUT2D eigenvalue weighted by atomic mass is 9.55. The van der Waals surface area contributed by atoms with Crippen molar-refractivity contribution in [2.75, 3.05) is 33.0 Å².